The Morgan fingerprint density at radius 2 is 2.00 bits per heavy atom. The molecule has 0 saturated carbocycles. The first kappa shape index (κ1) is 16.6. The zero-order valence-electron chi connectivity index (χ0n) is 13.3. The highest BCUT2D eigenvalue weighted by Crippen LogP contribution is 2.24. The fourth-order valence-electron chi connectivity index (χ4n) is 2.33. The summed E-state index contributed by atoms with van der Waals surface area (Å²) >= 11 is 12.1. The molecule has 0 aliphatic carbocycles. The number of nitrogens with one attached hydrogen (secondary N) is 2. The van der Waals surface area contributed by atoms with Crippen molar-refractivity contribution >= 4 is 34.8 Å². The number of rotatable bonds is 4. The summed E-state index contributed by atoms with van der Waals surface area (Å²) in [4.78, 5) is 4.20. The second kappa shape index (κ2) is 7.11. The number of aliphatic imine (C=N–C) groups is 1. The summed E-state index contributed by atoms with van der Waals surface area (Å²) in [7, 11) is 3.58. The van der Waals surface area contributed by atoms with E-state index in [1.807, 2.05) is 46.5 Å². The van der Waals surface area contributed by atoms with E-state index < -0.39 is 0 Å². The summed E-state index contributed by atoms with van der Waals surface area (Å²) in [5, 5.41) is 15.8. The Hall–Kier alpha value is -2.25. The van der Waals surface area contributed by atoms with Crippen LogP contribution in [0.3, 0.4) is 0 Å². The molecule has 0 aliphatic heterocycles. The van der Waals surface area contributed by atoms with E-state index in [1.54, 1.807) is 7.05 Å². The second-order valence-electron chi connectivity index (χ2n) is 5.16. The zero-order valence-corrected chi connectivity index (χ0v) is 14.8. The third-order valence-electron chi connectivity index (χ3n) is 3.67. The minimum Gasteiger partial charge on any atom is -0.351 e. The van der Waals surface area contributed by atoms with E-state index in [-0.39, 0.29) is 0 Å². The maximum Gasteiger partial charge on any atom is 0.191 e. The lowest BCUT2D eigenvalue weighted by atomic mass is 10.4. The number of hydrogen-bond donors (Lipinski definition) is 2. The molecule has 126 valence electrons. The van der Waals surface area contributed by atoms with Gasteiger partial charge in [-0.25, -0.2) is 0 Å². The van der Waals surface area contributed by atoms with E-state index >= 15 is 0 Å². The van der Waals surface area contributed by atoms with Crippen molar-refractivity contribution in [1.82, 2.24) is 29.8 Å². The number of aromatic nitrogens is 4. The first-order valence-electron chi connectivity index (χ1n) is 7.33. The Labute approximate surface area is 149 Å². The summed E-state index contributed by atoms with van der Waals surface area (Å²) in [5.74, 6) is 1.45. The van der Waals surface area contributed by atoms with E-state index in [1.165, 1.54) is 0 Å². The minimum absolute atomic E-state index is 0.500. The largest absolute Gasteiger partial charge is 0.351 e. The molecule has 7 nitrogen and oxygen atoms in total. The Morgan fingerprint density at radius 1 is 1.21 bits per heavy atom. The first-order valence-corrected chi connectivity index (χ1v) is 8.08. The number of guanidine groups is 1. The molecule has 2 N–H and O–H groups in total. The summed E-state index contributed by atoms with van der Waals surface area (Å²) in [6.07, 6.45) is 1.93. The molecule has 0 amide bonds. The van der Waals surface area contributed by atoms with Gasteiger partial charge in [0.1, 0.15) is 5.15 Å². The fraction of sp³-hybridized carbons (Fsp3) is 0.267. The average molecular weight is 366 g/mol. The third-order valence-corrected chi connectivity index (χ3v) is 4.52. The number of hydrogen-bond acceptors (Lipinski definition) is 3. The van der Waals surface area contributed by atoms with Gasteiger partial charge in [0, 0.05) is 26.0 Å². The first-order chi connectivity index (χ1) is 11.6. The van der Waals surface area contributed by atoms with Crippen LogP contribution in [-0.4, -0.2) is 32.2 Å². The van der Waals surface area contributed by atoms with Crippen molar-refractivity contribution in [2.75, 3.05) is 7.05 Å². The summed E-state index contributed by atoms with van der Waals surface area (Å²) in [6.45, 7) is 1.04. The molecule has 9 heteroatoms. The molecule has 0 radical (unpaired) electrons. The predicted molar refractivity (Wildman–Crippen MR) is 95.5 cm³/mol. The highest BCUT2D eigenvalue weighted by atomic mass is 35.5. The molecule has 3 rings (SSSR count). The molecule has 0 bridgehead atoms. The monoisotopic (exact) mass is 365 g/mol. The lowest BCUT2D eigenvalue weighted by molar-refractivity contribution is 0.733. The van der Waals surface area contributed by atoms with Crippen LogP contribution in [0.1, 0.15) is 11.5 Å². The van der Waals surface area contributed by atoms with Gasteiger partial charge in [0.25, 0.3) is 0 Å². The van der Waals surface area contributed by atoms with Crippen LogP contribution in [0.25, 0.3) is 5.65 Å². The van der Waals surface area contributed by atoms with E-state index in [4.69, 9.17) is 23.2 Å². The van der Waals surface area contributed by atoms with Crippen molar-refractivity contribution in [2.24, 2.45) is 12.0 Å². The summed E-state index contributed by atoms with van der Waals surface area (Å²) in [5.41, 5.74) is 1.77. The van der Waals surface area contributed by atoms with Gasteiger partial charge in [0.15, 0.2) is 17.4 Å². The number of pyridine rings is 1. The van der Waals surface area contributed by atoms with Crippen molar-refractivity contribution in [3.05, 3.63) is 52.2 Å². The molecule has 0 aromatic carbocycles. The highest BCUT2D eigenvalue weighted by Gasteiger charge is 2.10. The minimum atomic E-state index is 0.500. The van der Waals surface area contributed by atoms with Crippen LogP contribution < -0.4 is 10.6 Å². The van der Waals surface area contributed by atoms with Gasteiger partial charge in [-0.1, -0.05) is 29.3 Å². The van der Waals surface area contributed by atoms with Crippen LogP contribution in [-0.2, 0) is 20.1 Å². The maximum absolute atomic E-state index is 6.07. The quantitative estimate of drug-likeness (QED) is 0.549. The Kier molecular flexibility index (Phi) is 4.92. The topological polar surface area (TPSA) is 71.5 Å². The molecule has 24 heavy (non-hydrogen) atoms. The average Bonchev–Trinajstić information content (AvgIpc) is 3.12. The second-order valence-corrected chi connectivity index (χ2v) is 5.92. The molecule has 0 spiro atoms. The van der Waals surface area contributed by atoms with Crippen molar-refractivity contribution in [3.8, 4) is 0 Å². The molecule has 0 aliphatic rings. The molecule has 3 heterocycles. The Balaban J connectivity index is 1.62. The molecule has 0 atom stereocenters. The van der Waals surface area contributed by atoms with Gasteiger partial charge in [-0.15, -0.1) is 10.2 Å². The Morgan fingerprint density at radius 3 is 2.71 bits per heavy atom. The molecule has 3 aromatic heterocycles. The number of nitrogens with zero attached hydrogens (tertiary/aromatic N) is 5. The molecular formula is C15H17Cl2N7. The van der Waals surface area contributed by atoms with Crippen molar-refractivity contribution in [1.29, 1.82) is 0 Å². The molecule has 0 saturated heterocycles. The van der Waals surface area contributed by atoms with Crippen LogP contribution >= 0.6 is 23.2 Å². The SMILES string of the molecule is CN=C(NCc1cc(Cl)c(Cl)n1C)NCc1nnc2ccccn12. The van der Waals surface area contributed by atoms with Gasteiger partial charge in [-0.3, -0.25) is 9.39 Å². The molecular weight excluding hydrogens is 349 g/mol. The fourth-order valence-corrected chi connectivity index (χ4v) is 2.74. The normalized spacial score (nSPS) is 11.9. The van der Waals surface area contributed by atoms with E-state index in [9.17, 15) is 0 Å². The van der Waals surface area contributed by atoms with Crippen LogP contribution in [0.2, 0.25) is 10.2 Å². The van der Waals surface area contributed by atoms with Crippen molar-refractivity contribution in [3.63, 3.8) is 0 Å². The van der Waals surface area contributed by atoms with Crippen LogP contribution in [0.4, 0.5) is 0 Å². The number of fused-ring (bicyclic) bond motifs is 1. The summed E-state index contributed by atoms with van der Waals surface area (Å²) < 4.78 is 3.76. The van der Waals surface area contributed by atoms with E-state index in [0.29, 0.717) is 29.2 Å². The molecule has 0 fully saturated rings. The lowest BCUT2D eigenvalue weighted by Crippen LogP contribution is -2.37. The standard InChI is InChI=1S/C15H17Cl2N7/c1-18-15(19-8-10-7-11(16)14(17)23(10)2)20-9-13-22-21-12-5-3-4-6-24(12)13/h3-7H,8-9H2,1-2H3,(H2,18,19,20). The van der Waals surface area contributed by atoms with Gasteiger partial charge in [-0.2, -0.15) is 0 Å². The maximum atomic E-state index is 6.07. The van der Waals surface area contributed by atoms with Crippen LogP contribution in [0.15, 0.2) is 35.5 Å². The molecule has 0 unspecified atom stereocenters. The smallest absolute Gasteiger partial charge is 0.191 e. The van der Waals surface area contributed by atoms with Gasteiger partial charge >= 0.3 is 0 Å². The third kappa shape index (κ3) is 3.32. The predicted octanol–water partition coefficient (Wildman–Crippen LogP) is 2.24. The highest BCUT2D eigenvalue weighted by molar-refractivity contribution is 6.41. The zero-order chi connectivity index (χ0) is 17.1. The van der Waals surface area contributed by atoms with Crippen molar-refractivity contribution in [2.45, 2.75) is 13.1 Å². The van der Waals surface area contributed by atoms with E-state index in [0.717, 1.165) is 17.2 Å². The molecule has 3 aromatic rings. The van der Waals surface area contributed by atoms with Crippen LogP contribution in [0, 0.1) is 0 Å². The lowest BCUT2D eigenvalue weighted by Gasteiger charge is -2.12. The summed E-state index contributed by atoms with van der Waals surface area (Å²) in [6, 6.07) is 7.61. The number of halogens is 2. The Bertz CT molecular complexity index is 881. The van der Waals surface area contributed by atoms with Gasteiger partial charge in [-0.05, 0) is 18.2 Å². The van der Waals surface area contributed by atoms with Gasteiger partial charge in [0.2, 0.25) is 0 Å². The van der Waals surface area contributed by atoms with Gasteiger partial charge in [0.05, 0.1) is 18.1 Å². The van der Waals surface area contributed by atoms with E-state index in [2.05, 4.69) is 25.8 Å². The van der Waals surface area contributed by atoms with Crippen LogP contribution in [0.5, 0.6) is 0 Å². The van der Waals surface area contributed by atoms with Crippen molar-refractivity contribution < 1.29 is 0 Å². The van der Waals surface area contributed by atoms with Gasteiger partial charge < -0.3 is 15.2 Å².